The zero-order chi connectivity index (χ0) is 19.0. The van der Waals surface area contributed by atoms with E-state index in [0.29, 0.717) is 42.4 Å². The summed E-state index contributed by atoms with van der Waals surface area (Å²) < 4.78 is 6.06. The molecule has 0 bridgehead atoms. The first kappa shape index (κ1) is 17.9. The maximum Gasteiger partial charge on any atom is 0.306 e. The van der Waals surface area contributed by atoms with E-state index in [9.17, 15) is 14.7 Å². The van der Waals surface area contributed by atoms with Gasteiger partial charge in [-0.25, -0.2) is 0 Å². The number of rotatable bonds is 1. The van der Waals surface area contributed by atoms with Gasteiger partial charge in [-0.15, -0.1) is 0 Å². The molecule has 4 fully saturated rings. The molecular weight excluding hydrogens is 340 g/mol. The molecule has 4 heteroatoms. The average Bonchev–Trinajstić information content (AvgIpc) is 3.11. The van der Waals surface area contributed by atoms with Gasteiger partial charge in [-0.2, -0.15) is 0 Å². The SMILES string of the molecule is C[C@H]1CC2(CCC(=O)O2)[C@@]2(C)CCC3C4CCC(=O)C=C4C(CO)CC3C12. The number of fused-ring (bicyclic) bond motifs is 6. The van der Waals surface area contributed by atoms with Gasteiger partial charge in [0.15, 0.2) is 5.78 Å². The first-order valence-electron chi connectivity index (χ1n) is 11.0. The maximum absolute atomic E-state index is 12.0. The number of hydrogen-bond acceptors (Lipinski definition) is 4. The second-order valence-electron chi connectivity index (χ2n) is 10.3. The largest absolute Gasteiger partial charge is 0.458 e. The van der Waals surface area contributed by atoms with Crippen LogP contribution in [0.3, 0.4) is 0 Å². The summed E-state index contributed by atoms with van der Waals surface area (Å²) in [6, 6.07) is 0. The molecule has 1 heterocycles. The van der Waals surface area contributed by atoms with Gasteiger partial charge in [-0.05, 0) is 74.2 Å². The molecule has 6 unspecified atom stereocenters. The van der Waals surface area contributed by atoms with Crippen molar-refractivity contribution in [2.45, 2.75) is 70.8 Å². The van der Waals surface area contributed by atoms with Crippen molar-refractivity contribution in [2.24, 2.45) is 40.9 Å². The lowest BCUT2D eigenvalue weighted by Crippen LogP contribution is -2.54. The number of esters is 1. The molecular formula is C23H32O4. The summed E-state index contributed by atoms with van der Waals surface area (Å²) in [5.41, 5.74) is 1.05. The highest BCUT2D eigenvalue weighted by atomic mass is 16.6. The van der Waals surface area contributed by atoms with Crippen LogP contribution in [0.4, 0.5) is 0 Å². The Bertz CT molecular complexity index is 711. The molecule has 0 aromatic carbocycles. The number of aliphatic hydroxyl groups is 1. The van der Waals surface area contributed by atoms with Crippen LogP contribution in [0.2, 0.25) is 0 Å². The van der Waals surface area contributed by atoms with Gasteiger partial charge >= 0.3 is 5.97 Å². The average molecular weight is 373 g/mol. The molecule has 3 saturated carbocycles. The fourth-order valence-corrected chi connectivity index (χ4v) is 8.39. The Morgan fingerprint density at radius 1 is 1.19 bits per heavy atom. The summed E-state index contributed by atoms with van der Waals surface area (Å²) >= 11 is 0. The van der Waals surface area contributed by atoms with Crippen molar-refractivity contribution in [3.8, 4) is 0 Å². The number of carbonyl (C=O) groups excluding carboxylic acids is 2. The molecule has 1 N–H and O–H groups in total. The van der Waals surface area contributed by atoms with E-state index in [1.807, 2.05) is 6.08 Å². The lowest BCUT2D eigenvalue weighted by atomic mass is 9.48. The monoisotopic (exact) mass is 372 g/mol. The van der Waals surface area contributed by atoms with Crippen LogP contribution >= 0.6 is 0 Å². The van der Waals surface area contributed by atoms with Crippen molar-refractivity contribution in [1.82, 2.24) is 0 Å². The molecule has 27 heavy (non-hydrogen) atoms. The summed E-state index contributed by atoms with van der Waals surface area (Å²) in [5.74, 6) is 3.13. The predicted octanol–water partition coefficient (Wildman–Crippen LogP) is 3.67. The maximum atomic E-state index is 12.0. The summed E-state index contributed by atoms with van der Waals surface area (Å²) in [4.78, 5) is 24.1. The molecule has 0 aromatic heterocycles. The third-order valence-electron chi connectivity index (χ3n) is 9.31. The standard InChI is InChI=1S/C23H32O4/c1-13-11-23(8-6-20(26)27-23)22(2)7-5-17-16-4-3-15(25)10-18(16)14(12-24)9-19(17)21(13)22/h10,13-14,16-17,19,21,24H,3-9,11-12H2,1-2H3/t13-,14?,16?,17?,19?,21?,22-,23?/m0/s1. The van der Waals surface area contributed by atoms with Crippen LogP contribution in [0.1, 0.15) is 65.2 Å². The minimum Gasteiger partial charge on any atom is -0.458 e. The number of ether oxygens (including phenoxy) is 1. The molecule has 0 aromatic rings. The molecule has 5 rings (SSSR count). The molecule has 1 saturated heterocycles. The molecule has 8 atom stereocenters. The highest BCUT2D eigenvalue weighted by Crippen LogP contribution is 2.69. The van der Waals surface area contributed by atoms with Crippen molar-refractivity contribution >= 4 is 11.8 Å². The fraction of sp³-hybridized carbons (Fsp3) is 0.826. The van der Waals surface area contributed by atoms with Crippen molar-refractivity contribution < 1.29 is 19.4 Å². The van der Waals surface area contributed by atoms with Crippen molar-refractivity contribution in [2.75, 3.05) is 6.61 Å². The summed E-state index contributed by atoms with van der Waals surface area (Å²) in [6.07, 6.45) is 9.22. The van der Waals surface area contributed by atoms with E-state index in [2.05, 4.69) is 13.8 Å². The van der Waals surface area contributed by atoms with Crippen LogP contribution in [0.25, 0.3) is 0 Å². The number of hydrogen-bond donors (Lipinski definition) is 1. The van der Waals surface area contributed by atoms with E-state index in [0.717, 1.165) is 38.5 Å². The summed E-state index contributed by atoms with van der Waals surface area (Å²) in [7, 11) is 0. The quantitative estimate of drug-likeness (QED) is 0.714. The fourth-order valence-electron chi connectivity index (χ4n) is 8.39. The topological polar surface area (TPSA) is 63.6 Å². The molecule has 148 valence electrons. The van der Waals surface area contributed by atoms with Crippen LogP contribution in [-0.2, 0) is 14.3 Å². The van der Waals surface area contributed by atoms with Gasteiger partial charge in [-0.3, -0.25) is 9.59 Å². The van der Waals surface area contributed by atoms with E-state index in [4.69, 9.17) is 4.74 Å². The number of ketones is 1. The van der Waals surface area contributed by atoms with Gasteiger partial charge in [0.2, 0.25) is 0 Å². The van der Waals surface area contributed by atoms with Crippen LogP contribution in [0, 0.1) is 40.9 Å². The van der Waals surface area contributed by atoms with E-state index in [-0.39, 0.29) is 35.3 Å². The Kier molecular flexibility index (Phi) is 3.93. The Labute approximate surface area is 161 Å². The Morgan fingerprint density at radius 2 is 2.00 bits per heavy atom. The van der Waals surface area contributed by atoms with Crippen LogP contribution < -0.4 is 0 Å². The molecule has 0 amide bonds. The van der Waals surface area contributed by atoms with Crippen molar-refractivity contribution in [1.29, 1.82) is 0 Å². The smallest absolute Gasteiger partial charge is 0.306 e. The van der Waals surface area contributed by atoms with Crippen LogP contribution in [-0.4, -0.2) is 29.1 Å². The van der Waals surface area contributed by atoms with Gasteiger partial charge in [0.25, 0.3) is 0 Å². The van der Waals surface area contributed by atoms with E-state index < -0.39 is 0 Å². The second-order valence-corrected chi connectivity index (χ2v) is 10.3. The minimum absolute atomic E-state index is 0.0147. The molecule has 0 radical (unpaired) electrons. The second kappa shape index (κ2) is 5.92. The molecule has 4 aliphatic carbocycles. The Morgan fingerprint density at radius 3 is 2.70 bits per heavy atom. The number of carbonyl (C=O) groups is 2. The Balaban J connectivity index is 1.52. The Hall–Kier alpha value is -1.16. The van der Waals surface area contributed by atoms with Gasteiger partial charge in [0, 0.05) is 30.8 Å². The lowest BCUT2D eigenvalue weighted by molar-refractivity contribution is -0.167. The zero-order valence-electron chi connectivity index (χ0n) is 16.6. The van der Waals surface area contributed by atoms with Gasteiger partial charge in [-0.1, -0.05) is 19.4 Å². The van der Waals surface area contributed by atoms with Gasteiger partial charge < -0.3 is 9.84 Å². The van der Waals surface area contributed by atoms with E-state index in [1.165, 1.54) is 5.57 Å². The van der Waals surface area contributed by atoms with Crippen LogP contribution in [0.5, 0.6) is 0 Å². The van der Waals surface area contributed by atoms with Crippen LogP contribution in [0.15, 0.2) is 11.6 Å². The highest BCUT2D eigenvalue weighted by Gasteiger charge is 2.68. The van der Waals surface area contributed by atoms with Gasteiger partial charge in [0.05, 0.1) is 0 Å². The van der Waals surface area contributed by atoms with E-state index >= 15 is 0 Å². The third-order valence-corrected chi connectivity index (χ3v) is 9.31. The van der Waals surface area contributed by atoms with Crippen molar-refractivity contribution in [3.05, 3.63) is 11.6 Å². The predicted molar refractivity (Wildman–Crippen MR) is 101 cm³/mol. The molecule has 1 spiro atoms. The normalized spacial score (nSPS) is 51.4. The molecule has 4 nitrogen and oxygen atoms in total. The lowest BCUT2D eigenvalue weighted by Gasteiger charge is -2.57. The highest BCUT2D eigenvalue weighted by molar-refractivity contribution is 5.91. The number of aliphatic hydroxyl groups excluding tert-OH is 1. The van der Waals surface area contributed by atoms with Gasteiger partial charge in [0.1, 0.15) is 5.60 Å². The molecule has 1 aliphatic heterocycles. The minimum atomic E-state index is -0.257. The summed E-state index contributed by atoms with van der Waals surface area (Å²) in [5, 5.41) is 10.1. The first-order valence-corrected chi connectivity index (χ1v) is 11.0. The van der Waals surface area contributed by atoms with E-state index in [1.54, 1.807) is 0 Å². The summed E-state index contributed by atoms with van der Waals surface area (Å²) in [6.45, 7) is 4.90. The third kappa shape index (κ3) is 2.31. The zero-order valence-corrected chi connectivity index (χ0v) is 16.6. The molecule has 5 aliphatic rings. The first-order chi connectivity index (χ1) is 12.9. The van der Waals surface area contributed by atoms with Crippen molar-refractivity contribution in [3.63, 3.8) is 0 Å².